The highest BCUT2D eigenvalue weighted by molar-refractivity contribution is 6.22. The molecule has 59 heavy (non-hydrogen) atoms. The molecule has 3 aliphatic heterocycles. The van der Waals surface area contributed by atoms with Crippen LogP contribution < -0.4 is 10.1 Å². The van der Waals surface area contributed by atoms with Crippen molar-refractivity contribution in [2.24, 2.45) is 23.7 Å². The van der Waals surface area contributed by atoms with Crippen LogP contribution in [-0.2, 0) is 23.8 Å². The molecule has 0 unspecified atom stereocenters. The van der Waals surface area contributed by atoms with Crippen LogP contribution in [0.15, 0.2) is 36.1 Å². The highest BCUT2D eigenvalue weighted by Gasteiger charge is 2.50. The van der Waals surface area contributed by atoms with Crippen molar-refractivity contribution in [1.29, 1.82) is 0 Å². The number of amides is 1. The van der Waals surface area contributed by atoms with E-state index in [4.69, 9.17) is 18.9 Å². The number of benzene rings is 2. The summed E-state index contributed by atoms with van der Waals surface area (Å²) in [6.07, 6.45) is 2.56. The fourth-order valence-electron chi connectivity index (χ4n) is 7.74. The molecule has 3 heterocycles. The van der Waals surface area contributed by atoms with Crippen LogP contribution in [0, 0.1) is 50.8 Å². The number of allylic oxidation sites excluding steroid dienone is 2. The van der Waals surface area contributed by atoms with Gasteiger partial charge in [-0.3, -0.25) is 34.6 Å². The van der Waals surface area contributed by atoms with Gasteiger partial charge in [0.25, 0.3) is 11.7 Å². The van der Waals surface area contributed by atoms with Gasteiger partial charge in [0.2, 0.25) is 13.1 Å². The quantitative estimate of drug-likeness (QED) is 0.0742. The first-order valence-corrected chi connectivity index (χ1v) is 18.8. The van der Waals surface area contributed by atoms with Crippen LogP contribution in [0.2, 0.25) is 0 Å². The molecule has 5 rings (SSSR count). The van der Waals surface area contributed by atoms with Crippen LogP contribution in [0.4, 0.5) is 5.69 Å². The normalized spacial score (nSPS) is 28.0. The Kier molecular flexibility index (Phi) is 14.0. The number of aliphatic hydroxyl groups is 2. The Bertz CT molecular complexity index is 2100. The van der Waals surface area contributed by atoms with Gasteiger partial charge in [-0.2, -0.15) is 0 Å². The lowest BCUT2D eigenvalue weighted by Crippen LogP contribution is -2.46. The summed E-state index contributed by atoms with van der Waals surface area (Å²) >= 11 is 0. The Labute approximate surface area is 339 Å². The van der Waals surface area contributed by atoms with Crippen molar-refractivity contribution in [2.45, 2.75) is 91.5 Å². The summed E-state index contributed by atoms with van der Waals surface area (Å²) in [6.45, 7) is 9.39. The highest BCUT2D eigenvalue weighted by atomic mass is 16.7. The molecule has 5 bridgehead atoms. The van der Waals surface area contributed by atoms with Crippen molar-refractivity contribution in [3.05, 3.63) is 73.1 Å². The minimum atomic E-state index is -2.23. The summed E-state index contributed by atoms with van der Waals surface area (Å²) in [4.78, 5) is 62.2. The van der Waals surface area contributed by atoms with E-state index in [0.29, 0.717) is 0 Å². The van der Waals surface area contributed by atoms with E-state index in [1.807, 2.05) is 0 Å². The van der Waals surface area contributed by atoms with Crippen molar-refractivity contribution in [1.82, 2.24) is 0 Å². The predicted molar refractivity (Wildman–Crippen MR) is 210 cm³/mol. The molecule has 19 nitrogen and oxygen atoms in total. The molecule has 0 radical (unpaired) electrons. The van der Waals surface area contributed by atoms with Gasteiger partial charge in [0.05, 0.1) is 41.2 Å². The van der Waals surface area contributed by atoms with Gasteiger partial charge in [0.1, 0.15) is 29.3 Å². The predicted octanol–water partition coefficient (Wildman–Crippen LogP) is 4.39. The average molecular weight is 830 g/mol. The summed E-state index contributed by atoms with van der Waals surface area (Å²) in [6, 6.07) is 0. The number of rotatable bonds is 7. The number of nitrogens with zero attached hydrogens (tertiary/aromatic N) is 2. The molecule has 0 spiro atoms. The first-order valence-electron chi connectivity index (χ1n) is 18.8. The van der Waals surface area contributed by atoms with E-state index in [1.165, 1.54) is 53.0 Å². The number of carbonyl (C=O) groups is 3. The molecular formula is C40H51N3O16. The lowest BCUT2D eigenvalue weighted by molar-refractivity contribution is -0.516. The van der Waals surface area contributed by atoms with Crippen LogP contribution in [-0.4, -0.2) is 103 Å². The summed E-state index contributed by atoms with van der Waals surface area (Å²) < 4.78 is 23.2. The Morgan fingerprint density at radius 2 is 1.54 bits per heavy atom. The molecule has 0 saturated carbocycles. The SMILES string of the molecule is CO[C@H]1C=CO[C@@]2(C)Oc3c(C)c(O)c4c(O)c(c(C(C[N+](=O)[O-])C[N+](=O)[O-])c(O)c4c3C2=O)NC(=O)C(C)=CC=C[C@H](C)[C@H](O)[C@@H](C)[C@@H](O)[C@@H](C)[C@H](OC(C)=O)[C@@H]1C. The fourth-order valence-corrected chi connectivity index (χ4v) is 7.74. The van der Waals surface area contributed by atoms with Crippen molar-refractivity contribution < 1.29 is 68.7 Å². The van der Waals surface area contributed by atoms with E-state index in [0.717, 1.165) is 6.26 Å². The zero-order valence-corrected chi connectivity index (χ0v) is 34.1. The van der Waals surface area contributed by atoms with Crippen molar-refractivity contribution in [2.75, 3.05) is 25.5 Å². The topological polar surface area (TPSA) is 288 Å². The van der Waals surface area contributed by atoms with Gasteiger partial charge in [0.15, 0.2) is 5.75 Å². The second-order valence-corrected chi connectivity index (χ2v) is 15.3. The van der Waals surface area contributed by atoms with E-state index in [9.17, 15) is 60.1 Å². The number of esters is 1. The first-order chi connectivity index (χ1) is 27.5. The number of methoxy groups -OCH3 is 1. The Morgan fingerprint density at radius 3 is 2.10 bits per heavy atom. The number of ketones is 1. The van der Waals surface area contributed by atoms with Crippen LogP contribution in [0.25, 0.3) is 10.8 Å². The molecule has 19 heteroatoms. The highest BCUT2D eigenvalue weighted by Crippen LogP contribution is 2.56. The number of nitrogens with one attached hydrogen (secondary N) is 1. The van der Waals surface area contributed by atoms with Gasteiger partial charge >= 0.3 is 11.8 Å². The Hall–Kier alpha value is -5.79. The first kappa shape index (κ1) is 45.9. The minimum absolute atomic E-state index is 0.0473. The number of carbonyl (C=O) groups excluding carboxylic acids is 3. The number of hydrogen-bond acceptors (Lipinski definition) is 16. The standard InChI is InChI=1S/C40H51N3O16/c1-17-11-10-12-18(2)39(51)41-30-26(24(15-42(52)53)16-43(54)55)34(48)27-28(35(30)49)33(47)22(6)37-29(27)38(50)40(8,59-37)57-14-13-25(56-9)19(3)36(58-23(7)44)21(5)32(46)20(4)31(17)45/h10-14,17,19-21,24-25,31-32,36,45-49H,15-16H2,1-9H3,(H,41,51)/t17-,19+,20+,21+,25-,31-,32+,36+,40-/m0/s1. The molecule has 0 aromatic heterocycles. The third-order valence-corrected chi connectivity index (χ3v) is 11.2. The number of aromatic hydroxyl groups is 3. The monoisotopic (exact) mass is 829 g/mol. The van der Waals surface area contributed by atoms with Crippen LogP contribution in [0.1, 0.15) is 75.9 Å². The molecule has 9 atom stereocenters. The number of hydrogen-bond donors (Lipinski definition) is 6. The zero-order valence-electron chi connectivity index (χ0n) is 34.1. The van der Waals surface area contributed by atoms with Gasteiger partial charge in [-0.1, -0.05) is 45.9 Å². The summed E-state index contributed by atoms with van der Waals surface area (Å²) in [5.74, 6) is -12.4. The van der Waals surface area contributed by atoms with E-state index >= 15 is 0 Å². The van der Waals surface area contributed by atoms with Crippen LogP contribution >= 0.6 is 0 Å². The second kappa shape index (κ2) is 18.0. The molecule has 322 valence electrons. The Balaban J connectivity index is 2.04. The smallest absolute Gasteiger partial charge is 0.312 e. The molecule has 0 aliphatic carbocycles. The number of nitro groups is 2. The number of phenolic OH excluding ortho intramolecular Hbond substituents is 3. The van der Waals surface area contributed by atoms with Crippen molar-refractivity contribution >= 4 is 34.1 Å². The van der Waals surface area contributed by atoms with Gasteiger partial charge in [0, 0.05) is 76.6 Å². The summed E-state index contributed by atoms with van der Waals surface area (Å²) in [5.41, 5.74) is -1.99. The number of anilines is 1. The van der Waals surface area contributed by atoms with Crippen molar-refractivity contribution in [3.63, 3.8) is 0 Å². The van der Waals surface area contributed by atoms with Gasteiger partial charge in [-0.25, -0.2) is 0 Å². The number of phenols is 3. The lowest BCUT2D eigenvalue weighted by atomic mass is 9.78. The third-order valence-electron chi connectivity index (χ3n) is 11.2. The molecule has 1 amide bonds. The molecule has 3 aliphatic rings. The maximum atomic E-state index is 14.3. The average Bonchev–Trinajstić information content (AvgIpc) is 3.42. The maximum absolute atomic E-state index is 14.3. The summed E-state index contributed by atoms with van der Waals surface area (Å²) in [7, 11) is 1.37. The lowest BCUT2D eigenvalue weighted by Gasteiger charge is -2.38. The molecular weight excluding hydrogens is 778 g/mol. The van der Waals surface area contributed by atoms with Crippen LogP contribution in [0.3, 0.4) is 0 Å². The number of Topliss-reactive ketones (excluding diaryl/α,β-unsaturated/α-hetero) is 1. The fraction of sp³-hybridized carbons (Fsp3) is 0.525. The minimum Gasteiger partial charge on any atom is -0.507 e. The maximum Gasteiger partial charge on any atom is 0.312 e. The molecule has 6 N–H and O–H groups in total. The number of fused-ring (bicyclic) bond motifs is 14. The number of aliphatic hydroxyl groups excluding tert-OH is 2. The molecule has 2 aromatic rings. The number of ether oxygens (including phenoxy) is 4. The van der Waals surface area contributed by atoms with E-state index in [2.05, 4.69) is 5.32 Å². The van der Waals surface area contributed by atoms with E-state index in [1.54, 1.807) is 33.8 Å². The molecule has 0 saturated heterocycles. The van der Waals surface area contributed by atoms with E-state index < -0.39 is 145 Å². The van der Waals surface area contributed by atoms with Gasteiger partial charge < -0.3 is 49.8 Å². The van der Waals surface area contributed by atoms with E-state index in [-0.39, 0.29) is 16.9 Å². The Morgan fingerprint density at radius 1 is 0.932 bits per heavy atom. The molecule has 0 fully saturated rings. The third kappa shape index (κ3) is 9.11. The van der Waals surface area contributed by atoms with Gasteiger partial charge in [-0.15, -0.1) is 0 Å². The van der Waals surface area contributed by atoms with Crippen molar-refractivity contribution in [3.8, 4) is 23.0 Å². The zero-order chi connectivity index (χ0) is 44.4. The largest absolute Gasteiger partial charge is 0.507 e. The molecule has 2 aromatic carbocycles. The second-order valence-electron chi connectivity index (χ2n) is 15.3. The summed E-state index contributed by atoms with van der Waals surface area (Å²) in [5, 5.41) is 82.8. The van der Waals surface area contributed by atoms with Crippen LogP contribution in [0.5, 0.6) is 23.0 Å². The van der Waals surface area contributed by atoms with Gasteiger partial charge in [-0.05, 0) is 19.9 Å².